The van der Waals surface area contributed by atoms with E-state index < -0.39 is 12.2 Å². The van der Waals surface area contributed by atoms with Crippen LogP contribution >= 0.6 is 11.3 Å². The number of aliphatic hydroxyl groups excluding tert-OH is 2. The second-order valence-corrected chi connectivity index (χ2v) is 12.1. The molecule has 2 atom stereocenters. The fourth-order valence-corrected chi connectivity index (χ4v) is 6.73. The molecule has 2 unspecified atom stereocenters. The largest absolute Gasteiger partial charge is 0.489 e. The van der Waals surface area contributed by atoms with E-state index in [9.17, 15) is 19.4 Å². The van der Waals surface area contributed by atoms with Crippen LogP contribution in [-0.2, 0) is 11.4 Å². The van der Waals surface area contributed by atoms with E-state index >= 15 is 0 Å². The van der Waals surface area contributed by atoms with E-state index in [0.717, 1.165) is 56.8 Å². The minimum atomic E-state index is -1.51. The number of hydrogen-bond donors (Lipinski definition) is 4. The third-order valence-electron chi connectivity index (χ3n) is 8.18. The van der Waals surface area contributed by atoms with Crippen molar-refractivity contribution in [2.45, 2.75) is 32.7 Å². The maximum atomic E-state index is 13.5. The topological polar surface area (TPSA) is 112 Å². The van der Waals surface area contributed by atoms with Crippen molar-refractivity contribution in [3.8, 4) is 5.75 Å². The first-order chi connectivity index (χ1) is 21.3. The molecule has 0 spiro atoms. The van der Waals surface area contributed by atoms with Gasteiger partial charge in [-0.25, -0.2) is 19.2 Å². The molecule has 1 saturated heterocycles. The lowest BCUT2D eigenvalue weighted by Crippen LogP contribution is -3.18. The number of aryl methyl sites for hydroxylation is 1. The molecule has 0 radical (unpaired) electrons. The van der Waals surface area contributed by atoms with E-state index in [4.69, 9.17) is 4.74 Å². The van der Waals surface area contributed by atoms with Crippen LogP contribution < -0.4 is 15.0 Å². The second kappa shape index (κ2) is 12.9. The van der Waals surface area contributed by atoms with E-state index in [1.54, 1.807) is 12.1 Å². The first kappa shape index (κ1) is 30.0. The number of quaternary nitrogens is 1. The fraction of sp³-hybridized carbons (Fsp3) is 0.303. The number of halogens is 1. The number of hydrogen-bond acceptors (Lipinski definition) is 9. The van der Waals surface area contributed by atoms with Gasteiger partial charge in [-0.1, -0.05) is 31.2 Å². The number of anilines is 2. The van der Waals surface area contributed by atoms with Gasteiger partial charge >= 0.3 is 5.91 Å². The minimum Gasteiger partial charge on any atom is -0.489 e. The van der Waals surface area contributed by atoms with E-state index in [0.29, 0.717) is 35.1 Å². The van der Waals surface area contributed by atoms with Gasteiger partial charge in [-0.2, -0.15) is 0 Å². The SMILES string of the molecule is CCN1CC[NH+](C(=O)C(O)C(O)c2ccc3c(c2)sc2ncnc(Nc4ccc(OCc5cccc(F)c5)c(C)c4)c23)CC1. The number of benzene rings is 3. The highest BCUT2D eigenvalue weighted by Gasteiger charge is 2.36. The average molecular weight is 617 g/mol. The number of thiophene rings is 1. The zero-order chi connectivity index (χ0) is 30.8. The van der Waals surface area contributed by atoms with Gasteiger partial charge in [-0.3, -0.25) is 9.80 Å². The Morgan fingerprint density at radius 2 is 1.93 bits per heavy atom. The number of aromatic nitrogens is 2. The van der Waals surface area contributed by atoms with E-state index in [-0.39, 0.29) is 18.3 Å². The van der Waals surface area contributed by atoms with Crippen LogP contribution in [0.2, 0.25) is 0 Å². The number of carbonyl (C=O) groups excluding carboxylic acids is 1. The number of amides is 1. The molecular weight excluding hydrogens is 581 g/mol. The first-order valence-electron chi connectivity index (χ1n) is 14.7. The molecule has 11 heteroatoms. The summed E-state index contributed by atoms with van der Waals surface area (Å²) in [5.74, 6) is 0.664. The Labute approximate surface area is 258 Å². The molecule has 0 saturated carbocycles. The molecule has 1 aliphatic rings. The Hall–Kier alpha value is -4.00. The lowest BCUT2D eigenvalue weighted by Gasteiger charge is -2.31. The Morgan fingerprint density at radius 1 is 1.11 bits per heavy atom. The summed E-state index contributed by atoms with van der Waals surface area (Å²) in [5, 5.41) is 26.9. The van der Waals surface area contributed by atoms with Gasteiger partial charge in [0.1, 0.15) is 41.3 Å². The summed E-state index contributed by atoms with van der Waals surface area (Å²) >= 11 is 1.45. The van der Waals surface area contributed by atoms with Crippen LogP contribution in [0.5, 0.6) is 5.75 Å². The lowest BCUT2D eigenvalue weighted by molar-refractivity contribution is -0.828. The first-order valence-corrected chi connectivity index (χ1v) is 15.5. The molecule has 6 rings (SSSR count). The second-order valence-electron chi connectivity index (χ2n) is 11.1. The summed E-state index contributed by atoms with van der Waals surface area (Å²) in [7, 11) is 0. The molecule has 4 N–H and O–H groups in total. The van der Waals surface area contributed by atoms with Crippen molar-refractivity contribution in [2.75, 3.05) is 38.0 Å². The molecule has 5 aromatic rings. The van der Waals surface area contributed by atoms with Gasteiger partial charge in [-0.05, 0) is 66.6 Å². The van der Waals surface area contributed by atoms with Crippen LogP contribution in [0.15, 0.2) is 67.0 Å². The van der Waals surface area contributed by atoms with Gasteiger partial charge in [-0.15, -0.1) is 11.3 Å². The van der Waals surface area contributed by atoms with E-state index in [2.05, 4.69) is 27.1 Å². The van der Waals surface area contributed by atoms with Crippen molar-refractivity contribution in [1.29, 1.82) is 0 Å². The van der Waals surface area contributed by atoms with Gasteiger partial charge in [0.05, 0.1) is 18.5 Å². The molecule has 3 heterocycles. The maximum absolute atomic E-state index is 13.5. The minimum absolute atomic E-state index is 0.262. The summed E-state index contributed by atoms with van der Waals surface area (Å²) in [6, 6.07) is 17.5. The molecule has 2 aromatic heterocycles. The summed E-state index contributed by atoms with van der Waals surface area (Å²) in [5.41, 5.74) is 2.95. The number of ether oxygens (including phenoxy) is 1. The van der Waals surface area contributed by atoms with Crippen LogP contribution in [0.3, 0.4) is 0 Å². The third kappa shape index (κ3) is 6.28. The van der Waals surface area contributed by atoms with Crippen molar-refractivity contribution in [1.82, 2.24) is 14.9 Å². The van der Waals surface area contributed by atoms with Gasteiger partial charge in [0, 0.05) is 28.9 Å². The van der Waals surface area contributed by atoms with Crippen molar-refractivity contribution in [2.24, 2.45) is 0 Å². The molecule has 228 valence electrons. The van der Waals surface area contributed by atoms with Crippen molar-refractivity contribution >= 4 is 49.1 Å². The predicted molar refractivity (Wildman–Crippen MR) is 169 cm³/mol. The third-order valence-corrected chi connectivity index (χ3v) is 9.24. The molecular formula is C33H35FN5O4S+. The van der Waals surface area contributed by atoms with Crippen molar-refractivity contribution in [3.63, 3.8) is 0 Å². The molecule has 0 aliphatic carbocycles. The highest BCUT2D eigenvalue weighted by atomic mass is 32.1. The Bertz CT molecular complexity index is 1810. The summed E-state index contributed by atoms with van der Waals surface area (Å²) in [4.78, 5) is 25.7. The van der Waals surface area contributed by atoms with Crippen LogP contribution in [-0.4, -0.2) is 69.8 Å². The van der Waals surface area contributed by atoms with Crippen LogP contribution in [0.1, 0.15) is 29.7 Å². The average Bonchev–Trinajstić information content (AvgIpc) is 3.42. The van der Waals surface area contributed by atoms with Gasteiger partial charge in [0.15, 0.2) is 6.10 Å². The number of rotatable bonds is 9. The fourth-order valence-electron chi connectivity index (χ4n) is 5.64. The van der Waals surface area contributed by atoms with E-state index in [1.165, 1.54) is 29.8 Å². The number of aliphatic hydroxyl groups is 2. The molecule has 1 aliphatic heterocycles. The monoisotopic (exact) mass is 616 g/mol. The smallest absolute Gasteiger partial charge is 0.343 e. The Balaban J connectivity index is 1.19. The Morgan fingerprint density at radius 3 is 2.68 bits per heavy atom. The number of carbonyl (C=O) groups is 1. The Kier molecular flexibility index (Phi) is 8.83. The normalized spacial score (nSPS) is 15.8. The summed E-state index contributed by atoms with van der Waals surface area (Å²) in [6.07, 6.45) is -1.34. The zero-order valence-electron chi connectivity index (χ0n) is 24.6. The number of nitrogens with one attached hydrogen (secondary N) is 2. The number of nitrogens with zero attached hydrogens (tertiary/aromatic N) is 3. The van der Waals surface area contributed by atoms with Crippen LogP contribution in [0.4, 0.5) is 15.9 Å². The number of piperazine rings is 1. The molecule has 0 bridgehead atoms. The molecule has 3 aromatic carbocycles. The van der Waals surface area contributed by atoms with Crippen LogP contribution in [0.25, 0.3) is 20.3 Å². The lowest BCUT2D eigenvalue weighted by atomic mass is 10.0. The van der Waals surface area contributed by atoms with Gasteiger partial charge in [0.2, 0.25) is 0 Å². The van der Waals surface area contributed by atoms with Crippen LogP contribution in [0, 0.1) is 12.7 Å². The van der Waals surface area contributed by atoms with Crippen molar-refractivity contribution in [3.05, 3.63) is 89.5 Å². The highest BCUT2D eigenvalue weighted by molar-refractivity contribution is 7.25. The molecule has 1 fully saturated rings. The molecule has 44 heavy (non-hydrogen) atoms. The molecule has 9 nitrogen and oxygen atoms in total. The number of likely N-dealkylation sites (N-methyl/N-ethyl adjacent to an activating group) is 1. The maximum Gasteiger partial charge on any atom is 0.343 e. The molecule has 1 amide bonds. The van der Waals surface area contributed by atoms with E-state index in [1.807, 2.05) is 43.3 Å². The van der Waals surface area contributed by atoms with Gasteiger partial charge in [0.25, 0.3) is 0 Å². The predicted octanol–water partition coefficient (Wildman–Crippen LogP) is 3.76. The summed E-state index contributed by atoms with van der Waals surface area (Å²) < 4.78 is 20.3. The van der Waals surface area contributed by atoms with Crippen molar-refractivity contribution < 1.29 is 29.0 Å². The summed E-state index contributed by atoms with van der Waals surface area (Å²) in [6.45, 7) is 8.04. The zero-order valence-corrected chi connectivity index (χ0v) is 25.4. The standard InChI is InChI=1S/C33H34FN5O4S/c1-3-38-11-13-39(14-12-38)33(42)30(41)29(40)22-7-9-25-27(17-22)44-32-28(25)31(35-19-36-32)37-24-8-10-26(20(2)15-24)43-18-21-5-4-6-23(34)16-21/h4-10,15-17,19,29-30,40-41H,3,11-14,18H2,1-2H3,(H,35,36,37)/p+1. The number of fused-ring (bicyclic) bond motifs is 3. The quantitative estimate of drug-likeness (QED) is 0.198. The van der Waals surface area contributed by atoms with Gasteiger partial charge < -0.3 is 20.3 Å². The highest BCUT2D eigenvalue weighted by Crippen LogP contribution is 2.38.